The minimum Gasteiger partial charge on any atom is -0.481 e. The highest BCUT2D eigenvalue weighted by atomic mass is 79.9. The summed E-state index contributed by atoms with van der Waals surface area (Å²) in [6.07, 6.45) is 1.45. The number of esters is 1. The van der Waals surface area contributed by atoms with Crippen LogP contribution in [0, 0.1) is 5.92 Å². The van der Waals surface area contributed by atoms with Crippen molar-refractivity contribution in [3.63, 3.8) is 0 Å². The van der Waals surface area contributed by atoms with Gasteiger partial charge in [-0.25, -0.2) is 10.2 Å². The topological polar surface area (TPSA) is 106 Å². The van der Waals surface area contributed by atoms with Crippen LogP contribution in [-0.4, -0.2) is 43.3 Å². The first-order chi connectivity index (χ1) is 15.7. The Balaban J connectivity index is 1.97. The van der Waals surface area contributed by atoms with Crippen molar-refractivity contribution >= 4 is 51.5 Å². The fraction of sp³-hybridized carbons (Fsp3) is 0.304. The zero-order valence-corrected chi connectivity index (χ0v) is 20.8. The van der Waals surface area contributed by atoms with E-state index in [1.165, 1.54) is 6.21 Å². The van der Waals surface area contributed by atoms with Crippen molar-refractivity contribution in [2.24, 2.45) is 11.0 Å². The summed E-state index contributed by atoms with van der Waals surface area (Å²) in [5.74, 6) is -1.09. The zero-order valence-electron chi connectivity index (χ0n) is 18.4. The molecule has 0 bridgehead atoms. The Kier molecular flexibility index (Phi) is 10.3. The first-order valence-corrected chi connectivity index (χ1v) is 11.4. The van der Waals surface area contributed by atoms with Crippen LogP contribution in [-0.2, 0) is 14.3 Å². The molecule has 2 N–H and O–H groups in total. The molecule has 0 radical (unpaired) electrons. The monoisotopic (exact) mass is 537 g/mol. The number of hydrogen-bond donors (Lipinski definition) is 2. The normalized spacial score (nSPS) is 11.8. The summed E-state index contributed by atoms with van der Waals surface area (Å²) in [6, 6.07) is 10.9. The van der Waals surface area contributed by atoms with Crippen molar-refractivity contribution < 1.29 is 23.9 Å². The Morgan fingerprint density at radius 2 is 1.91 bits per heavy atom. The van der Waals surface area contributed by atoms with Gasteiger partial charge in [-0.15, -0.1) is 0 Å². The van der Waals surface area contributed by atoms with E-state index in [-0.39, 0.29) is 24.7 Å². The Bertz CT molecular complexity index is 1030. The van der Waals surface area contributed by atoms with Crippen LogP contribution < -0.4 is 15.5 Å². The van der Waals surface area contributed by atoms with Crippen LogP contribution >= 0.6 is 27.5 Å². The molecule has 0 heterocycles. The van der Waals surface area contributed by atoms with Crippen LogP contribution in [0.15, 0.2) is 52.0 Å². The number of halogens is 2. The van der Waals surface area contributed by atoms with E-state index < -0.39 is 23.8 Å². The number of nitrogens with one attached hydrogen (secondary N) is 2. The summed E-state index contributed by atoms with van der Waals surface area (Å²) < 4.78 is 10.8. The summed E-state index contributed by atoms with van der Waals surface area (Å²) in [4.78, 5) is 36.5. The van der Waals surface area contributed by atoms with Gasteiger partial charge in [-0.05, 0) is 64.7 Å². The van der Waals surface area contributed by atoms with E-state index in [0.29, 0.717) is 20.8 Å². The second kappa shape index (κ2) is 13.0. The molecule has 176 valence electrons. The summed E-state index contributed by atoms with van der Waals surface area (Å²) >= 11 is 9.44. The van der Waals surface area contributed by atoms with Crippen molar-refractivity contribution in [3.8, 4) is 5.75 Å². The fourth-order valence-corrected chi connectivity index (χ4v) is 3.43. The van der Waals surface area contributed by atoms with Crippen molar-refractivity contribution in [3.05, 3.63) is 63.1 Å². The summed E-state index contributed by atoms with van der Waals surface area (Å²) in [5.41, 5.74) is 3.41. The van der Waals surface area contributed by atoms with Crippen molar-refractivity contribution in [2.45, 2.75) is 26.8 Å². The Labute approximate surface area is 205 Å². The van der Waals surface area contributed by atoms with Gasteiger partial charge in [0.05, 0.1) is 27.9 Å². The molecule has 8 nitrogen and oxygen atoms in total. The molecule has 1 atom stereocenters. The first kappa shape index (κ1) is 26.3. The third-order valence-electron chi connectivity index (χ3n) is 4.35. The highest BCUT2D eigenvalue weighted by Gasteiger charge is 2.25. The van der Waals surface area contributed by atoms with Gasteiger partial charge < -0.3 is 14.8 Å². The number of carbonyl (C=O) groups excluding carboxylic acids is 3. The van der Waals surface area contributed by atoms with Crippen LogP contribution in [0.5, 0.6) is 5.75 Å². The lowest BCUT2D eigenvalue weighted by Gasteiger charge is -2.20. The minimum atomic E-state index is -0.809. The second-order valence-electron chi connectivity index (χ2n) is 7.19. The fourth-order valence-electron chi connectivity index (χ4n) is 2.69. The predicted octanol–water partition coefficient (Wildman–Crippen LogP) is 3.95. The lowest BCUT2D eigenvalue weighted by atomic mass is 10.0. The molecule has 0 spiro atoms. The molecule has 10 heteroatoms. The Morgan fingerprint density at radius 3 is 2.55 bits per heavy atom. The molecule has 0 saturated carbocycles. The molecule has 2 aromatic carbocycles. The van der Waals surface area contributed by atoms with Crippen LogP contribution in [0.2, 0.25) is 5.02 Å². The molecule has 0 aromatic heterocycles. The predicted molar refractivity (Wildman–Crippen MR) is 130 cm³/mol. The second-order valence-corrected chi connectivity index (χ2v) is 8.45. The van der Waals surface area contributed by atoms with E-state index in [4.69, 9.17) is 21.1 Å². The lowest BCUT2D eigenvalue weighted by molar-refractivity contribution is -0.145. The lowest BCUT2D eigenvalue weighted by Crippen LogP contribution is -2.48. The number of amides is 2. The number of rotatable bonds is 10. The number of carbonyl (C=O) groups is 3. The summed E-state index contributed by atoms with van der Waals surface area (Å²) in [6.45, 7) is 5.43. The molecule has 0 saturated heterocycles. The quantitative estimate of drug-likeness (QED) is 0.271. The standard InChI is InChI=1S/C23H25BrClN3O5/c1-4-32-20(29)13-33-19-10-9-15(11-17(19)24)12-26-28-23(31)21(14(2)3)27-22(30)16-7-5-6-8-18(16)25/h5-12,14,21H,4,13H2,1-3H3,(H,27,30)(H,28,31)/b26-12+. The maximum Gasteiger partial charge on any atom is 0.344 e. The number of benzene rings is 2. The van der Waals surface area contributed by atoms with Crippen molar-refractivity contribution in [2.75, 3.05) is 13.2 Å². The van der Waals surface area contributed by atoms with E-state index in [1.54, 1.807) is 49.4 Å². The van der Waals surface area contributed by atoms with Gasteiger partial charge in [0.1, 0.15) is 11.8 Å². The SMILES string of the molecule is CCOC(=O)COc1ccc(/C=N/NC(=O)C(NC(=O)c2ccccc2Cl)C(C)C)cc1Br. The highest BCUT2D eigenvalue weighted by molar-refractivity contribution is 9.10. The van der Waals surface area contributed by atoms with E-state index in [0.717, 1.165) is 0 Å². The molecular formula is C23H25BrClN3O5. The van der Waals surface area contributed by atoms with Crippen LogP contribution in [0.25, 0.3) is 0 Å². The Hall–Kier alpha value is -2.91. The van der Waals surface area contributed by atoms with Gasteiger partial charge in [0.25, 0.3) is 11.8 Å². The molecule has 0 aliphatic rings. The molecule has 2 rings (SSSR count). The maximum absolute atomic E-state index is 12.6. The van der Waals surface area contributed by atoms with Crippen LogP contribution in [0.1, 0.15) is 36.7 Å². The molecule has 1 unspecified atom stereocenters. The molecule has 0 aliphatic heterocycles. The third-order valence-corrected chi connectivity index (χ3v) is 5.30. The highest BCUT2D eigenvalue weighted by Crippen LogP contribution is 2.25. The largest absolute Gasteiger partial charge is 0.481 e. The summed E-state index contributed by atoms with van der Waals surface area (Å²) in [7, 11) is 0. The van der Waals surface area contributed by atoms with Gasteiger partial charge in [-0.1, -0.05) is 37.6 Å². The third kappa shape index (κ3) is 8.18. The number of ether oxygens (including phenoxy) is 2. The summed E-state index contributed by atoms with van der Waals surface area (Å²) in [5, 5.41) is 6.98. The van der Waals surface area contributed by atoms with E-state index in [1.807, 2.05) is 13.8 Å². The van der Waals surface area contributed by atoms with E-state index in [2.05, 4.69) is 31.8 Å². The zero-order chi connectivity index (χ0) is 24.4. The maximum atomic E-state index is 12.6. The van der Waals surface area contributed by atoms with Gasteiger partial charge in [-0.2, -0.15) is 5.10 Å². The number of nitrogens with zero attached hydrogens (tertiary/aromatic N) is 1. The Morgan fingerprint density at radius 1 is 1.18 bits per heavy atom. The average Bonchev–Trinajstić information content (AvgIpc) is 2.77. The van der Waals surface area contributed by atoms with Gasteiger partial charge in [0.15, 0.2) is 6.61 Å². The molecule has 2 aromatic rings. The number of hydrogen-bond acceptors (Lipinski definition) is 6. The molecule has 0 aliphatic carbocycles. The van der Waals surface area contributed by atoms with E-state index >= 15 is 0 Å². The average molecular weight is 539 g/mol. The first-order valence-electron chi connectivity index (χ1n) is 10.2. The molecule has 0 fully saturated rings. The van der Waals surface area contributed by atoms with Gasteiger partial charge in [0, 0.05) is 0 Å². The molecule has 2 amide bonds. The van der Waals surface area contributed by atoms with Crippen molar-refractivity contribution in [1.29, 1.82) is 0 Å². The van der Waals surface area contributed by atoms with Gasteiger partial charge in [0.2, 0.25) is 0 Å². The minimum absolute atomic E-state index is 0.184. The van der Waals surface area contributed by atoms with E-state index in [9.17, 15) is 14.4 Å². The van der Waals surface area contributed by atoms with Gasteiger partial charge >= 0.3 is 5.97 Å². The van der Waals surface area contributed by atoms with Crippen LogP contribution in [0.3, 0.4) is 0 Å². The van der Waals surface area contributed by atoms with Gasteiger partial charge in [-0.3, -0.25) is 9.59 Å². The van der Waals surface area contributed by atoms with Crippen LogP contribution in [0.4, 0.5) is 0 Å². The molecule has 33 heavy (non-hydrogen) atoms. The molecular weight excluding hydrogens is 514 g/mol. The smallest absolute Gasteiger partial charge is 0.344 e. The van der Waals surface area contributed by atoms with Crippen molar-refractivity contribution in [1.82, 2.24) is 10.7 Å². The number of hydrazone groups is 1.